The van der Waals surface area contributed by atoms with E-state index >= 15 is 0 Å². The molecule has 1 rings (SSSR count). The molecule has 0 aliphatic heterocycles. The van der Waals surface area contributed by atoms with E-state index in [4.69, 9.17) is 10.5 Å². The number of nitrogens with two attached hydrogens (primary N) is 1. The molecule has 3 N–H and O–H groups in total. The minimum absolute atomic E-state index is 0.0390. The molecular formula is C8H12N4O2. The lowest BCUT2D eigenvalue weighted by atomic mass is 10.6. The predicted molar refractivity (Wildman–Crippen MR) is 51.6 cm³/mol. The van der Waals surface area contributed by atoms with Gasteiger partial charge >= 0.3 is 5.97 Å². The number of nitrogens with zero attached hydrogens (tertiary/aromatic N) is 2. The van der Waals surface area contributed by atoms with E-state index in [1.807, 2.05) is 0 Å². The molecule has 76 valence electrons. The van der Waals surface area contributed by atoms with Gasteiger partial charge < -0.3 is 15.8 Å². The Labute approximate surface area is 81.5 Å². The van der Waals surface area contributed by atoms with Gasteiger partial charge in [0.2, 0.25) is 5.95 Å². The summed E-state index contributed by atoms with van der Waals surface area (Å²) in [4.78, 5) is 18.6. The number of nitrogen functional groups attached to an aromatic ring is 1. The van der Waals surface area contributed by atoms with Gasteiger partial charge in [0.05, 0.1) is 6.61 Å². The monoisotopic (exact) mass is 196 g/mol. The number of carbonyl (C=O) groups excluding carboxylic acids is 1. The summed E-state index contributed by atoms with van der Waals surface area (Å²) in [5, 5.41) is 2.69. The van der Waals surface area contributed by atoms with Crippen LogP contribution in [-0.4, -0.2) is 29.1 Å². The first-order valence-corrected chi connectivity index (χ1v) is 4.20. The molecule has 0 radical (unpaired) electrons. The molecule has 0 aliphatic rings. The van der Waals surface area contributed by atoms with Gasteiger partial charge in [-0.1, -0.05) is 0 Å². The maximum atomic E-state index is 10.9. The van der Waals surface area contributed by atoms with E-state index in [9.17, 15) is 4.79 Å². The molecule has 0 saturated heterocycles. The number of esters is 1. The minimum atomic E-state index is -0.349. The van der Waals surface area contributed by atoms with E-state index in [-0.39, 0.29) is 12.5 Å². The van der Waals surface area contributed by atoms with Crippen LogP contribution in [-0.2, 0) is 9.53 Å². The van der Waals surface area contributed by atoms with Gasteiger partial charge in [0.15, 0.2) is 0 Å². The fourth-order valence-electron chi connectivity index (χ4n) is 0.821. The first-order valence-electron chi connectivity index (χ1n) is 4.20. The van der Waals surface area contributed by atoms with E-state index in [1.54, 1.807) is 13.0 Å². The average Bonchev–Trinajstić information content (AvgIpc) is 2.15. The molecule has 0 aliphatic carbocycles. The van der Waals surface area contributed by atoms with Crippen molar-refractivity contribution in [1.82, 2.24) is 9.97 Å². The van der Waals surface area contributed by atoms with Gasteiger partial charge in [-0.2, -0.15) is 4.98 Å². The molecule has 0 bridgehead atoms. The van der Waals surface area contributed by atoms with Crippen molar-refractivity contribution in [2.24, 2.45) is 0 Å². The number of nitrogens with one attached hydrogen (secondary N) is 1. The fourth-order valence-corrected chi connectivity index (χ4v) is 0.821. The third-order valence-corrected chi connectivity index (χ3v) is 1.37. The number of anilines is 2. The smallest absolute Gasteiger partial charge is 0.325 e. The standard InChI is InChI=1S/C8H12N4O2/c1-2-14-7(13)5-11-8-10-4-3-6(9)12-8/h3-4H,2,5H2,1H3,(H3,9,10,11,12). The lowest BCUT2D eigenvalue weighted by Gasteiger charge is -2.03. The van der Waals surface area contributed by atoms with Gasteiger partial charge in [-0.15, -0.1) is 0 Å². The molecule has 0 atom stereocenters. The Bertz CT molecular complexity index is 316. The summed E-state index contributed by atoms with van der Waals surface area (Å²) in [6.45, 7) is 2.14. The van der Waals surface area contributed by atoms with Crippen LogP contribution in [0.3, 0.4) is 0 Å². The highest BCUT2D eigenvalue weighted by Crippen LogP contribution is 2.00. The van der Waals surface area contributed by atoms with Gasteiger partial charge in [0.25, 0.3) is 0 Å². The zero-order valence-corrected chi connectivity index (χ0v) is 7.86. The summed E-state index contributed by atoms with van der Waals surface area (Å²) in [6.07, 6.45) is 1.51. The Morgan fingerprint density at radius 1 is 1.71 bits per heavy atom. The van der Waals surface area contributed by atoms with Crippen molar-refractivity contribution >= 4 is 17.7 Å². The molecule has 1 aromatic rings. The number of ether oxygens (including phenoxy) is 1. The van der Waals surface area contributed by atoms with Gasteiger partial charge in [-0.25, -0.2) is 4.98 Å². The molecule has 0 spiro atoms. The van der Waals surface area contributed by atoms with Crippen LogP contribution in [0.25, 0.3) is 0 Å². The van der Waals surface area contributed by atoms with Crippen molar-refractivity contribution in [2.75, 3.05) is 24.2 Å². The SMILES string of the molecule is CCOC(=O)CNc1nccc(N)n1. The summed E-state index contributed by atoms with van der Waals surface area (Å²) in [5.74, 6) is 0.322. The van der Waals surface area contributed by atoms with Gasteiger partial charge in [0, 0.05) is 6.20 Å². The Balaban J connectivity index is 2.41. The molecule has 0 unspecified atom stereocenters. The lowest BCUT2D eigenvalue weighted by molar-refractivity contribution is -0.140. The van der Waals surface area contributed by atoms with Gasteiger partial charge in [-0.3, -0.25) is 4.79 Å². The van der Waals surface area contributed by atoms with Crippen molar-refractivity contribution in [3.05, 3.63) is 12.3 Å². The first kappa shape index (κ1) is 10.2. The second-order valence-corrected chi connectivity index (χ2v) is 2.46. The molecule has 0 saturated carbocycles. The number of hydrogen-bond donors (Lipinski definition) is 2. The Morgan fingerprint density at radius 3 is 3.14 bits per heavy atom. The van der Waals surface area contributed by atoms with Crippen LogP contribution in [0.2, 0.25) is 0 Å². The molecule has 14 heavy (non-hydrogen) atoms. The van der Waals surface area contributed by atoms with Crippen molar-refractivity contribution < 1.29 is 9.53 Å². The largest absolute Gasteiger partial charge is 0.465 e. The third kappa shape index (κ3) is 3.26. The van der Waals surface area contributed by atoms with E-state index in [0.29, 0.717) is 18.4 Å². The summed E-state index contributed by atoms with van der Waals surface area (Å²) in [5.41, 5.74) is 5.42. The quantitative estimate of drug-likeness (QED) is 0.660. The molecule has 0 amide bonds. The zero-order chi connectivity index (χ0) is 10.4. The van der Waals surface area contributed by atoms with Crippen LogP contribution >= 0.6 is 0 Å². The second-order valence-electron chi connectivity index (χ2n) is 2.46. The van der Waals surface area contributed by atoms with Crippen LogP contribution in [0.15, 0.2) is 12.3 Å². The maximum absolute atomic E-state index is 10.9. The third-order valence-electron chi connectivity index (χ3n) is 1.37. The predicted octanol–water partition coefficient (Wildman–Crippen LogP) is 0.0338. The van der Waals surface area contributed by atoms with Gasteiger partial charge in [-0.05, 0) is 13.0 Å². The van der Waals surface area contributed by atoms with Crippen molar-refractivity contribution in [3.63, 3.8) is 0 Å². The number of rotatable bonds is 4. The summed E-state index contributed by atoms with van der Waals surface area (Å²) in [7, 11) is 0. The van der Waals surface area contributed by atoms with Crippen LogP contribution in [0.4, 0.5) is 11.8 Å². The summed E-state index contributed by atoms with van der Waals surface area (Å²) in [6, 6.07) is 1.57. The van der Waals surface area contributed by atoms with Crippen LogP contribution in [0.1, 0.15) is 6.92 Å². The van der Waals surface area contributed by atoms with Gasteiger partial charge in [0.1, 0.15) is 12.4 Å². The normalized spacial score (nSPS) is 9.50. The Kier molecular flexibility index (Phi) is 3.66. The number of hydrogen-bond acceptors (Lipinski definition) is 6. The number of carbonyl (C=O) groups is 1. The molecular weight excluding hydrogens is 184 g/mol. The first-order chi connectivity index (χ1) is 6.72. The molecule has 1 aromatic heterocycles. The minimum Gasteiger partial charge on any atom is -0.465 e. The highest BCUT2D eigenvalue weighted by molar-refractivity contribution is 5.74. The average molecular weight is 196 g/mol. The van der Waals surface area contributed by atoms with Crippen LogP contribution < -0.4 is 11.1 Å². The van der Waals surface area contributed by atoms with Crippen molar-refractivity contribution in [3.8, 4) is 0 Å². The van der Waals surface area contributed by atoms with Crippen molar-refractivity contribution in [1.29, 1.82) is 0 Å². The fraction of sp³-hybridized carbons (Fsp3) is 0.375. The summed E-state index contributed by atoms with van der Waals surface area (Å²) < 4.78 is 4.71. The molecule has 6 heteroatoms. The van der Waals surface area contributed by atoms with E-state index in [0.717, 1.165) is 0 Å². The van der Waals surface area contributed by atoms with E-state index in [1.165, 1.54) is 6.20 Å². The topological polar surface area (TPSA) is 90.1 Å². The Morgan fingerprint density at radius 2 is 2.50 bits per heavy atom. The number of aromatic nitrogens is 2. The van der Waals surface area contributed by atoms with Crippen LogP contribution in [0, 0.1) is 0 Å². The van der Waals surface area contributed by atoms with Crippen LogP contribution in [0.5, 0.6) is 0 Å². The summed E-state index contributed by atoms with van der Waals surface area (Å²) >= 11 is 0. The molecule has 0 aromatic carbocycles. The van der Waals surface area contributed by atoms with E-state index < -0.39 is 0 Å². The molecule has 1 heterocycles. The van der Waals surface area contributed by atoms with Crippen molar-refractivity contribution in [2.45, 2.75) is 6.92 Å². The highest BCUT2D eigenvalue weighted by atomic mass is 16.5. The maximum Gasteiger partial charge on any atom is 0.325 e. The highest BCUT2D eigenvalue weighted by Gasteiger charge is 2.02. The molecule has 0 fully saturated rings. The lowest BCUT2D eigenvalue weighted by Crippen LogP contribution is -2.18. The van der Waals surface area contributed by atoms with E-state index in [2.05, 4.69) is 15.3 Å². The Hall–Kier alpha value is -1.85. The zero-order valence-electron chi connectivity index (χ0n) is 7.86. The molecule has 6 nitrogen and oxygen atoms in total. The second kappa shape index (κ2) is 5.00.